The van der Waals surface area contributed by atoms with E-state index in [1.807, 2.05) is 30.3 Å². The summed E-state index contributed by atoms with van der Waals surface area (Å²) in [7, 11) is 0. The minimum Gasteiger partial charge on any atom is -0.488 e. The first kappa shape index (κ1) is 18.2. The van der Waals surface area contributed by atoms with Gasteiger partial charge in [0.15, 0.2) is 0 Å². The molecular formula is C23H15N3O3S. The van der Waals surface area contributed by atoms with E-state index in [0.29, 0.717) is 18.1 Å². The van der Waals surface area contributed by atoms with Crippen molar-refractivity contribution >= 4 is 37.2 Å². The maximum Gasteiger partial charge on any atom is 0.287 e. The SMILES string of the molecule is O=[N+]([O-])c1ccc(-c2c(OCc3cccnc3)ccc3c2sc2ccccc23)nc1. The fraction of sp³-hybridized carbons (Fsp3) is 0.0435. The average Bonchev–Trinajstić information content (AvgIpc) is 3.17. The summed E-state index contributed by atoms with van der Waals surface area (Å²) < 4.78 is 8.36. The molecule has 30 heavy (non-hydrogen) atoms. The molecular weight excluding hydrogens is 398 g/mol. The zero-order chi connectivity index (χ0) is 20.5. The predicted molar refractivity (Wildman–Crippen MR) is 118 cm³/mol. The quantitative estimate of drug-likeness (QED) is 0.261. The Balaban J connectivity index is 1.67. The summed E-state index contributed by atoms with van der Waals surface area (Å²) >= 11 is 1.66. The van der Waals surface area contributed by atoms with E-state index in [-0.39, 0.29) is 5.69 Å². The number of thiophene rings is 1. The van der Waals surface area contributed by atoms with Gasteiger partial charge in [0.2, 0.25) is 0 Å². The number of aromatic nitrogens is 2. The van der Waals surface area contributed by atoms with Crippen molar-refractivity contribution in [2.24, 2.45) is 0 Å². The highest BCUT2D eigenvalue weighted by molar-refractivity contribution is 7.26. The van der Waals surface area contributed by atoms with E-state index >= 15 is 0 Å². The maximum absolute atomic E-state index is 11.0. The highest BCUT2D eigenvalue weighted by atomic mass is 32.1. The molecule has 0 bridgehead atoms. The third kappa shape index (κ3) is 3.25. The van der Waals surface area contributed by atoms with Crippen LogP contribution in [0, 0.1) is 10.1 Å². The molecule has 0 N–H and O–H groups in total. The Kier molecular flexibility index (Phi) is 4.57. The van der Waals surface area contributed by atoms with Gasteiger partial charge >= 0.3 is 0 Å². The van der Waals surface area contributed by atoms with Crippen molar-refractivity contribution in [2.45, 2.75) is 6.61 Å². The van der Waals surface area contributed by atoms with E-state index in [2.05, 4.69) is 28.2 Å². The summed E-state index contributed by atoms with van der Waals surface area (Å²) in [5, 5.41) is 13.3. The van der Waals surface area contributed by atoms with E-state index in [1.165, 1.54) is 22.3 Å². The molecule has 0 aliphatic carbocycles. The second-order valence-electron chi connectivity index (χ2n) is 6.72. The third-order valence-corrected chi connectivity index (χ3v) is 6.04. The van der Waals surface area contributed by atoms with Crippen molar-refractivity contribution in [1.29, 1.82) is 0 Å². The van der Waals surface area contributed by atoms with Crippen LogP contribution in [0.5, 0.6) is 5.75 Å². The average molecular weight is 413 g/mol. The van der Waals surface area contributed by atoms with Crippen LogP contribution >= 0.6 is 11.3 Å². The summed E-state index contributed by atoms with van der Waals surface area (Å²) in [6.45, 7) is 0.365. The molecule has 0 spiro atoms. The minimum absolute atomic E-state index is 0.0416. The monoisotopic (exact) mass is 413 g/mol. The van der Waals surface area contributed by atoms with Gasteiger partial charge in [-0.15, -0.1) is 11.3 Å². The van der Waals surface area contributed by atoms with Crippen LogP contribution in [-0.2, 0) is 6.61 Å². The van der Waals surface area contributed by atoms with Crippen molar-refractivity contribution in [3.63, 3.8) is 0 Å². The second kappa shape index (κ2) is 7.53. The van der Waals surface area contributed by atoms with Crippen molar-refractivity contribution < 1.29 is 9.66 Å². The third-order valence-electron chi connectivity index (χ3n) is 4.84. The van der Waals surface area contributed by atoms with Crippen LogP contribution in [0.15, 0.2) is 79.3 Å². The Labute approximate surface area is 175 Å². The number of hydrogen-bond donors (Lipinski definition) is 0. The summed E-state index contributed by atoms with van der Waals surface area (Å²) in [5.41, 5.74) is 2.39. The van der Waals surface area contributed by atoms with Gasteiger partial charge in [-0.3, -0.25) is 15.1 Å². The van der Waals surface area contributed by atoms with Gasteiger partial charge in [0.1, 0.15) is 18.6 Å². The first-order valence-corrected chi connectivity index (χ1v) is 10.1. The number of pyridine rings is 2. The number of ether oxygens (including phenoxy) is 1. The fourth-order valence-corrected chi connectivity index (χ4v) is 4.67. The molecule has 0 aliphatic heterocycles. The van der Waals surface area contributed by atoms with Crippen molar-refractivity contribution in [1.82, 2.24) is 9.97 Å². The highest BCUT2D eigenvalue weighted by Gasteiger charge is 2.18. The summed E-state index contributed by atoms with van der Waals surface area (Å²) in [6, 6.07) is 19.2. The lowest BCUT2D eigenvalue weighted by atomic mass is 10.0. The molecule has 0 saturated carbocycles. The number of rotatable bonds is 5. The van der Waals surface area contributed by atoms with Crippen molar-refractivity contribution in [2.75, 3.05) is 0 Å². The Morgan fingerprint density at radius 1 is 0.967 bits per heavy atom. The van der Waals surface area contributed by atoms with Gasteiger partial charge in [-0.1, -0.05) is 24.3 Å². The zero-order valence-corrected chi connectivity index (χ0v) is 16.5. The van der Waals surface area contributed by atoms with E-state index in [4.69, 9.17) is 4.74 Å². The number of fused-ring (bicyclic) bond motifs is 3. The number of nitrogens with zero attached hydrogens (tertiary/aromatic N) is 3. The van der Waals surface area contributed by atoms with Gasteiger partial charge in [0, 0.05) is 44.2 Å². The number of hydrogen-bond acceptors (Lipinski definition) is 6. The number of benzene rings is 2. The summed E-state index contributed by atoms with van der Waals surface area (Å²) in [4.78, 5) is 19.1. The molecule has 5 aromatic rings. The molecule has 0 aliphatic rings. The molecule has 5 rings (SSSR count). The molecule has 0 fully saturated rings. The second-order valence-corrected chi connectivity index (χ2v) is 7.77. The van der Waals surface area contributed by atoms with Gasteiger partial charge in [-0.2, -0.15) is 0 Å². The summed E-state index contributed by atoms with van der Waals surface area (Å²) in [6.07, 6.45) is 4.77. The highest BCUT2D eigenvalue weighted by Crippen LogP contribution is 2.44. The van der Waals surface area contributed by atoms with Gasteiger partial charge in [-0.05, 0) is 30.3 Å². The fourth-order valence-electron chi connectivity index (χ4n) is 3.42. The molecule has 3 aromatic heterocycles. The van der Waals surface area contributed by atoms with Crippen LogP contribution in [0.2, 0.25) is 0 Å². The lowest BCUT2D eigenvalue weighted by molar-refractivity contribution is -0.385. The molecule has 6 nitrogen and oxygen atoms in total. The van der Waals surface area contributed by atoms with Crippen LogP contribution in [0.4, 0.5) is 5.69 Å². The molecule has 0 saturated heterocycles. The van der Waals surface area contributed by atoms with E-state index in [9.17, 15) is 10.1 Å². The van der Waals surface area contributed by atoms with Crippen LogP contribution in [-0.4, -0.2) is 14.9 Å². The Morgan fingerprint density at radius 2 is 1.87 bits per heavy atom. The van der Waals surface area contributed by atoms with Gasteiger partial charge in [-0.25, -0.2) is 4.98 Å². The standard InChI is InChI=1S/C23H15N3O3S/c27-26(28)16-7-9-19(25-13-16)22-20(29-14-15-4-3-11-24-12-15)10-8-18-17-5-1-2-6-21(17)30-23(18)22/h1-13H,14H2. The first-order valence-electron chi connectivity index (χ1n) is 9.27. The molecule has 0 amide bonds. The van der Waals surface area contributed by atoms with Crippen LogP contribution in [0.1, 0.15) is 5.56 Å². The smallest absolute Gasteiger partial charge is 0.287 e. The maximum atomic E-state index is 11.0. The Morgan fingerprint density at radius 3 is 2.63 bits per heavy atom. The normalized spacial score (nSPS) is 11.1. The van der Waals surface area contributed by atoms with Crippen LogP contribution in [0.25, 0.3) is 31.4 Å². The topological polar surface area (TPSA) is 78.2 Å². The molecule has 0 radical (unpaired) electrons. The van der Waals surface area contributed by atoms with Crippen LogP contribution < -0.4 is 4.74 Å². The molecule has 3 heterocycles. The number of nitro groups is 1. The molecule has 146 valence electrons. The zero-order valence-electron chi connectivity index (χ0n) is 15.7. The molecule has 0 unspecified atom stereocenters. The largest absolute Gasteiger partial charge is 0.488 e. The summed E-state index contributed by atoms with van der Waals surface area (Å²) in [5.74, 6) is 0.680. The van der Waals surface area contributed by atoms with Crippen molar-refractivity contribution in [3.8, 4) is 17.0 Å². The molecule has 2 aromatic carbocycles. The lowest BCUT2D eigenvalue weighted by Crippen LogP contribution is -1.98. The van der Waals surface area contributed by atoms with Gasteiger partial charge in [0.05, 0.1) is 16.2 Å². The minimum atomic E-state index is -0.448. The Hall–Kier alpha value is -3.84. The van der Waals surface area contributed by atoms with E-state index in [1.54, 1.807) is 29.8 Å². The van der Waals surface area contributed by atoms with Gasteiger partial charge < -0.3 is 4.74 Å². The Bertz CT molecular complexity index is 1370. The molecule has 0 atom stereocenters. The van der Waals surface area contributed by atoms with Crippen LogP contribution in [0.3, 0.4) is 0 Å². The van der Waals surface area contributed by atoms with Crippen molar-refractivity contribution in [3.05, 3.63) is 94.9 Å². The predicted octanol–water partition coefficient (Wildman–Crippen LogP) is 6.00. The first-order chi connectivity index (χ1) is 14.7. The van der Waals surface area contributed by atoms with Gasteiger partial charge in [0.25, 0.3) is 5.69 Å². The molecule has 7 heteroatoms. The lowest BCUT2D eigenvalue weighted by Gasteiger charge is -2.12. The van der Waals surface area contributed by atoms with E-state index in [0.717, 1.165) is 21.2 Å². The van der Waals surface area contributed by atoms with E-state index < -0.39 is 4.92 Å².